The van der Waals surface area contributed by atoms with E-state index in [9.17, 15) is 13.2 Å². The van der Waals surface area contributed by atoms with Crippen LogP contribution >= 0.6 is 0 Å². The second-order valence-electron chi connectivity index (χ2n) is 6.63. The van der Waals surface area contributed by atoms with Crippen LogP contribution in [0.4, 0.5) is 5.69 Å². The molecule has 2 aromatic carbocycles. The molecule has 0 spiro atoms. The first-order chi connectivity index (χ1) is 13.8. The molecule has 0 saturated carbocycles. The molecule has 0 bridgehead atoms. The highest BCUT2D eigenvalue weighted by molar-refractivity contribution is 7.93. The summed E-state index contributed by atoms with van der Waals surface area (Å²) < 4.78 is 39.3. The molecule has 1 aliphatic rings. The van der Waals surface area contributed by atoms with Gasteiger partial charge in [-0.05, 0) is 48.7 Å². The average Bonchev–Trinajstić information content (AvgIpc) is 3.09. The van der Waals surface area contributed by atoms with E-state index in [0.29, 0.717) is 23.4 Å². The summed E-state index contributed by atoms with van der Waals surface area (Å²) in [5.41, 5.74) is 7.00. The van der Waals surface area contributed by atoms with Crippen molar-refractivity contribution in [1.82, 2.24) is 0 Å². The van der Waals surface area contributed by atoms with Crippen LogP contribution in [0.25, 0.3) is 0 Å². The van der Waals surface area contributed by atoms with Crippen LogP contribution in [0.3, 0.4) is 0 Å². The summed E-state index contributed by atoms with van der Waals surface area (Å²) >= 11 is 0. The van der Waals surface area contributed by atoms with Crippen molar-refractivity contribution in [3.05, 3.63) is 59.7 Å². The van der Waals surface area contributed by atoms with Crippen molar-refractivity contribution < 1.29 is 22.7 Å². The zero-order valence-electron chi connectivity index (χ0n) is 16.6. The van der Waals surface area contributed by atoms with E-state index in [1.807, 2.05) is 19.1 Å². The molecule has 0 saturated heterocycles. The number of sulfonamides is 1. The van der Waals surface area contributed by atoms with Crippen molar-refractivity contribution in [1.29, 1.82) is 0 Å². The standard InChI is InChI=1S/C21H24N2O5S/c1-4-5-6-16-12-15-11-14(21(22)24)7-9-18(15)23(16)29(25,26)20-13-17(27-2)8-10-19(20)28-3/h5-11,13,16H,4,12H2,1-3H3,(H2,22,24)/b6-5+. The van der Waals surface area contributed by atoms with E-state index in [2.05, 4.69) is 0 Å². The Kier molecular flexibility index (Phi) is 5.83. The number of ether oxygens (including phenoxy) is 2. The predicted molar refractivity (Wildman–Crippen MR) is 111 cm³/mol. The van der Waals surface area contributed by atoms with E-state index in [0.717, 1.165) is 12.0 Å². The summed E-state index contributed by atoms with van der Waals surface area (Å²) in [4.78, 5) is 11.6. The van der Waals surface area contributed by atoms with Gasteiger partial charge in [-0.1, -0.05) is 19.1 Å². The molecule has 1 atom stereocenters. The molecule has 0 aliphatic carbocycles. The third kappa shape index (κ3) is 3.80. The lowest BCUT2D eigenvalue weighted by atomic mass is 10.1. The van der Waals surface area contributed by atoms with Crippen LogP contribution in [0.1, 0.15) is 29.3 Å². The number of benzene rings is 2. The molecule has 7 nitrogen and oxygen atoms in total. The van der Waals surface area contributed by atoms with Gasteiger partial charge < -0.3 is 15.2 Å². The third-order valence-electron chi connectivity index (χ3n) is 4.83. The van der Waals surface area contributed by atoms with Gasteiger partial charge in [0.1, 0.15) is 16.4 Å². The molecule has 8 heteroatoms. The summed E-state index contributed by atoms with van der Waals surface area (Å²) in [7, 11) is -1.08. The Morgan fingerprint density at radius 3 is 2.59 bits per heavy atom. The third-order valence-corrected chi connectivity index (χ3v) is 6.69. The van der Waals surface area contributed by atoms with E-state index in [1.165, 1.54) is 24.6 Å². The lowest BCUT2D eigenvalue weighted by Gasteiger charge is -2.26. The Balaban J connectivity index is 2.18. The van der Waals surface area contributed by atoms with Crippen molar-refractivity contribution >= 4 is 21.6 Å². The minimum atomic E-state index is -3.98. The van der Waals surface area contributed by atoms with Gasteiger partial charge in [-0.25, -0.2) is 8.42 Å². The van der Waals surface area contributed by atoms with Gasteiger partial charge >= 0.3 is 0 Å². The smallest absolute Gasteiger partial charge is 0.268 e. The Labute approximate surface area is 170 Å². The summed E-state index contributed by atoms with van der Waals surface area (Å²) in [6.45, 7) is 1.98. The number of nitrogens with two attached hydrogens (primary N) is 1. The number of amides is 1. The highest BCUT2D eigenvalue weighted by Gasteiger charge is 2.39. The van der Waals surface area contributed by atoms with Crippen molar-refractivity contribution in [2.75, 3.05) is 18.5 Å². The van der Waals surface area contributed by atoms with Crippen LogP contribution in [-0.4, -0.2) is 34.6 Å². The highest BCUT2D eigenvalue weighted by Crippen LogP contribution is 2.40. The quantitative estimate of drug-likeness (QED) is 0.700. The van der Waals surface area contributed by atoms with E-state index in [-0.39, 0.29) is 10.6 Å². The number of carbonyl (C=O) groups excluding carboxylic acids is 1. The Morgan fingerprint density at radius 2 is 1.97 bits per heavy atom. The molecule has 2 aromatic rings. The zero-order valence-corrected chi connectivity index (χ0v) is 17.4. The summed E-state index contributed by atoms with van der Waals surface area (Å²) in [5, 5.41) is 0. The molecule has 3 rings (SSSR count). The number of primary amides is 1. The Morgan fingerprint density at radius 1 is 1.21 bits per heavy atom. The SMILES string of the molecule is CC/C=C/C1Cc2cc(C(N)=O)ccc2N1S(=O)(=O)c1cc(OC)ccc1OC. The van der Waals surface area contributed by atoms with Gasteiger partial charge in [-0.2, -0.15) is 0 Å². The van der Waals surface area contributed by atoms with Gasteiger partial charge in [0.2, 0.25) is 5.91 Å². The van der Waals surface area contributed by atoms with E-state index in [1.54, 1.807) is 30.3 Å². The maximum atomic E-state index is 13.7. The minimum Gasteiger partial charge on any atom is -0.497 e. The van der Waals surface area contributed by atoms with Crippen LogP contribution in [-0.2, 0) is 16.4 Å². The molecule has 1 aliphatic heterocycles. The molecule has 154 valence electrons. The molecular weight excluding hydrogens is 392 g/mol. The molecule has 1 amide bonds. The van der Waals surface area contributed by atoms with Crippen LogP contribution in [0, 0.1) is 0 Å². The maximum absolute atomic E-state index is 13.7. The molecule has 1 heterocycles. The second kappa shape index (κ2) is 8.16. The van der Waals surface area contributed by atoms with Gasteiger partial charge in [0.05, 0.1) is 25.9 Å². The molecule has 0 aromatic heterocycles. The monoisotopic (exact) mass is 416 g/mol. The summed E-state index contributed by atoms with van der Waals surface area (Å²) in [5.74, 6) is 0.0870. The number of methoxy groups -OCH3 is 2. The number of hydrogen-bond acceptors (Lipinski definition) is 5. The van der Waals surface area contributed by atoms with Gasteiger partial charge in [0.25, 0.3) is 10.0 Å². The topological polar surface area (TPSA) is 98.9 Å². The lowest BCUT2D eigenvalue weighted by molar-refractivity contribution is 0.1000. The number of rotatable bonds is 7. The van der Waals surface area contributed by atoms with Crippen LogP contribution < -0.4 is 19.5 Å². The average molecular weight is 416 g/mol. The number of nitrogens with zero attached hydrogens (tertiary/aromatic N) is 1. The van der Waals surface area contributed by atoms with Crippen LogP contribution in [0.15, 0.2) is 53.4 Å². The fourth-order valence-corrected chi connectivity index (χ4v) is 5.26. The van der Waals surface area contributed by atoms with Crippen LogP contribution in [0.5, 0.6) is 11.5 Å². The predicted octanol–water partition coefficient (Wildman–Crippen LogP) is 2.89. The summed E-state index contributed by atoms with van der Waals surface area (Å²) in [6.07, 6.45) is 5.01. The summed E-state index contributed by atoms with van der Waals surface area (Å²) in [6, 6.07) is 9.05. The van der Waals surface area contributed by atoms with Gasteiger partial charge in [0, 0.05) is 11.6 Å². The molecular formula is C21H24N2O5S. The Hall–Kier alpha value is -3.00. The number of allylic oxidation sites excluding steroid dienone is 1. The van der Waals surface area contributed by atoms with Crippen LogP contribution in [0.2, 0.25) is 0 Å². The van der Waals surface area contributed by atoms with Gasteiger partial charge in [-0.15, -0.1) is 0 Å². The van der Waals surface area contributed by atoms with E-state index in [4.69, 9.17) is 15.2 Å². The lowest BCUT2D eigenvalue weighted by Crippen LogP contribution is -2.36. The Bertz CT molecular complexity index is 1060. The molecule has 1 unspecified atom stereocenters. The first-order valence-corrected chi connectivity index (χ1v) is 10.6. The second-order valence-corrected chi connectivity index (χ2v) is 8.42. The number of fused-ring (bicyclic) bond motifs is 1. The maximum Gasteiger partial charge on any atom is 0.268 e. The molecule has 2 N–H and O–H groups in total. The zero-order chi connectivity index (χ0) is 21.2. The van der Waals surface area contributed by atoms with E-state index >= 15 is 0 Å². The highest BCUT2D eigenvalue weighted by atomic mass is 32.2. The van der Waals surface area contributed by atoms with Crippen molar-refractivity contribution in [3.63, 3.8) is 0 Å². The number of carbonyl (C=O) groups is 1. The number of anilines is 1. The molecule has 29 heavy (non-hydrogen) atoms. The van der Waals surface area contributed by atoms with Gasteiger partial charge in [0.15, 0.2) is 0 Å². The minimum absolute atomic E-state index is 0.0149. The first kappa shape index (κ1) is 20.7. The number of hydrogen-bond donors (Lipinski definition) is 1. The molecule has 0 fully saturated rings. The normalized spacial score (nSPS) is 16.1. The van der Waals surface area contributed by atoms with Gasteiger partial charge in [-0.3, -0.25) is 9.10 Å². The fraction of sp³-hybridized carbons (Fsp3) is 0.286. The van der Waals surface area contributed by atoms with Crippen molar-refractivity contribution in [3.8, 4) is 11.5 Å². The largest absolute Gasteiger partial charge is 0.497 e. The molecule has 0 radical (unpaired) electrons. The van der Waals surface area contributed by atoms with Crippen molar-refractivity contribution in [2.45, 2.75) is 30.7 Å². The fourth-order valence-electron chi connectivity index (χ4n) is 3.44. The first-order valence-electron chi connectivity index (χ1n) is 9.19. The van der Waals surface area contributed by atoms with Crippen molar-refractivity contribution in [2.24, 2.45) is 5.73 Å². The van der Waals surface area contributed by atoms with E-state index < -0.39 is 22.0 Å².